The van der Waals surface area contributed by atoms with Gasteiger partial charge in [-0.2, -0.15) is 18.3 Å². The lowest BCUT2D eigenvalue weighted by atomic mass is 9.93. The highest BCUT2D eigenvalue weighted by Crippen LogP contribution is 2.40. The number of hydrogen-bond acceptors (Lipinski definition) is 6. The van der Waals surface area contributed by atoms with E-state index in [2.05, 4.69) is 25.6 Å². The zero-order chi connectivity index (χ0) is 25.9. The Bertz CT molecular complexity index is 1520. The van der Waals surface area contributed by atoms with Crippen molar-refractivity contribution in [2.75, 3.05) is 10.2 Å². The number of nitrogens with zero attached hydrogens (tertiary/aromatic N) is 7. The van der Waals surface area contributed by atoms with Crippen LogP contribution in [0, 0.1) is 0 Å². The summed E-state index contributed by atoms with van der Waals surface area (Å²) < 4.78 is 44.5. The van der Waals surface area contributed by atoms with Crippen LogP contribution < -0.4 is 10.2 Å². The molecule has 6 rings (SSSR count). The molecule has 1 saturated carbocycles. The van der Waals surface area contributed by atoms with Gasteiger partial charge in [-0.1, -0.05) is 6.07 Å². The summed E-state index contributed by atoms with van der Waals surface area (Å²) in [6.45, 7) is -0.218. The summed E-state index contributed by atoms with van der Waals surface area (Å²) in [6, 6.07) is 7.53. The van der Waals surface area contributed by atoms with Gasteiger partial charge in [0.1, 0.15) is 18.0 Å². The second-order valence-corrected chi connectivity index (χ2v) is 9.39. The number of nitrogens with one attached hydrogen (secondary N) is 1. The zero-order valence-corrected chi connectivity index (χ0v) is 20.1. The van der Waals surface area contributed by atoms with Gasteiger partial charge in [0.2, 0.25) is 0 Å². The molecule has 1 N–H and O–H groups in total. The van der Waals surface area contributed by atoms with Gasteiger partial charge in [-0.25, -0.2) is 4.98 Å². The van der Waals surface area contributed by atoms with Crippen molar-refractivity contribution in [3.63, 3.8) is 0 Å². The van der Waals surface area contributed by atoms with Gasteiger partial charge in [0.25, 0.3) is 5.91 Å². The van der Waals surface area contributed by atoms with Crippen molar-refractivity contribution in [1.82, 2.24) is 29.5 Å². The molecule has 1 aliphatic heterocycles. The van der Waals surface area contributed by atoms with E-state index in [0.29, 0.717) is 17.2 Å². The number of alkyl halides is 3. The van der Waals surface area contributed by atoms with E-state index in [-0.39, 0.29) is 29.5 Å². The average Bonchev–Trinajstić information content (AvgIpc) is 3.52. The lowest BCUT2D eigenvalue weighted by molar-refractivity contribution is -0.138. The number of carbonyl (C=O) groups excluding carboxylic acids is 1. The predicted molar refractivity (Wildman–Crippen MR) is 130 cm³/mol. The van der Waals surface area contributed by atoms with E-state index in [1.54, 1.807) is 34.9 Å². The topological polar surface area (TPSA) is 93.8 Å². The molecule has 0 atom stereocenters. The summed E-state index contributed by atoms with van der Waals surface area (Å²) in [5.74, 6) is 0.897. The van der Waals surface area contributed by atoms with Gasteiger partial charge in [-0.15, -0.1) is 10.2 Å². The summed E-state index contributed by atoms with van der Waals surface area (Å²) in [7, 11) is 3.62. The Balaban J connectivity index is 1.47. The molecule has 12 heteroatoms. The largest absolute Gasteiger partial charge is 0.416 e. The van der Waals surface area contributed by atoms with E-state index in [9.17, 15) is 18.0 Å². The highest BCUT2D eigenvalue weighted by atomic mass is 19.4. The third-order valence-corrected chi connectivity index (χ3v) is 6.98. The zero-order valence-electron chi connectivity index (χ0n) is 20.1. The van der Waals surface area contributed by atoms with Crippen molar-refractivity contribution in [2.45, 2.75) is 38.0 Å². The first-order valence-corrected chi connectivity index (χ1v) is 11.9. The third-order valence-electron chi connectivity index (χ3n) is 6.98. The van der Waals surface area contributed by atoms with E-state index in [1.807, 2.05) is 13.1 Å². The number of benzene rings is 1. The molecular formula is C25H23F3N8O. The maximum absolute atomic E-state index is 13.7. The molecule has 1 aliphatic carbocycles. The van der Waals surface area contributed by atoms with Crippen LogP contribution in [0.1, 0.15) is 40.7 Å². The van der Waals surface area contributed by atoms with Gasteiger partial charge in [0, 0.05) is 31.3 Å². The monoisotopic (exact) mass is 508 g/mol. The number of hydrogen-bond donors (Lipinski definition) is 1. The molecule has 0 unspecified atom stereocenters. The van der Waals surface area contributed by atoms with Crippen LogP contribution in [0.5, 0.6) is 0 Å². The molecule has 2 aliphatic rings. The van der Waals surface area contributed by atoms with Crippen LogP contribution in [0.2, 0.25) is 0 Å². The number of anilines is 2. The first-order chi connectivity index (χ1) is 17.7. The van der Waals surface area contributed by atoms with Crippen LogP contribution in [0.25, 0.3) is 22.6 Å². The maximum atomic E-state index is 13.7. The Labute approximate surface area is 209 Å². The summed E-state index contributed by atoms with van der Waals surface area (Å²) in [6.07, 6.45) is 1.83. The maximum Gasteiger partial charge on any atom is 0.416 e. The molecule has 0 saturated heterocycles. The van der Waals surface area contributed by atoms with E-state index < -0.39 is 17.6 Å². The summed E-state index contributed by atoms with van der Waals surface area (Å²) in [5.41, 5.74) is 1.34. The summed E-state index contributed by atoms with van der Waals surface area (Å²) in [4.78, 5) is 19.3. The fraction of sp³-hybridized carbons (Fsp3) is 0.320. The van der Waals surface area contributed by atoms with Crippen molar-refractivity contribution < 1.29 is 18.0 Å². The first-order valence-electron chi connectivity index (χ1n) is 11.9. The second kappa shape index (κ2) is 8.43. The van der Waals surface area contributed by atoms with Crippen molar-refractivity contribution in [2.24, 2.45) is 14.1 Å². The summed E-state index contributed by atoms with van der Waals surface area (Å²) in [5, 5.41) is 16.0. The van der Waals surface area contributed by atoms with E-state index in [4.69, 9.17) is 0 Å². The van der Waals surface area contributed by atoms with Crippen molar-refractivity contribution >= 4 is 17.5 Å². The minimum Gasteiger partial charge on any atom is -0.367 e. The molecule has 1 amide bonds. The van der Waals surface area contributed by atoms with E-state index >= 15 is 0 Å². The Kier molecular flexibility index (Phi) is 5.28. The number of aryl methyl sites for hydroxylation is 2. The Morgan fingerprint density at radius 1 is 1.11 bits per heavy atom. The molecule has 0 radical (unpaired) electrons. The fourth-order valence-electron chi connectivity index (χ4n) is 4.88. The van der Waals surface area contributed by atoms with Crippen LogP contribution in [0.4, 0.5) is 24.8 Å². The van der Waals surface area contributed by atoms with Gasteiger partial charge in [-0.3, -0.25) is 14.4 Å². The third kappa shape index (κ3) is 3.92. The van der Waals surface area contributed by atoms with Crippen molar-refractivity contribution in [1.29, 1.82) is 0 Å². The molecular weight excluding hydrogens is 485 g/mol. The molecule has 4 heterocycles. The standard InChI is InChI=1S/C25H23F3N8O/c1-34-13-29-33-23(34)17-11-30-35(2)22(17)14-9-20(31-15-5-3-6-15)32-21(10-14)36-12-18-16(24(36)37)7-4-8-19(18)25(26,27)28/h4,7-11,13,15H,3,5-6,12H2,1-2H3,(H,31,32). The van der Waals surface area contributed by atoms with Crippen LogP contribution >= 0.6 is 0 Å². The smallest absolute Gasteiger partial charge is 0.367 e. The van der Waals surface area contributed by atoms with Crippen LogP contribution in [0.3, 0.4) is 0 Å². The molecule has 0 spiro atoms. The molecule has 37 heavy (non-hydrogen) atoms. The molecule has 0 bridgehead atoms. The van der Waals surface area contributed by atoms with Crippen molar-refractivity contribution in [3.05, 3.63) is 59.5 Å². The predicted octanol–water partition coefficient (Wildman–Crippen LogP) is 4.42. The minimum atomic E-state index is -4.56. The fourth-order valence-corrected chi connectivity index (χ4v) is 4.88. The van der Waals surface area contributed by atoms with E-state index in [0.717, 1.165) is 36.6 Å². The summed E-state index contributed by atoms with van der Waals surface area (Å²) >= 11 is 0. The SMILES string of the molecule is Cn1cnnc1-c1cnn(C)c1-c1cc(NC2CCC2)nc(N2Cc3c(cccc3C(F)(F)F)C2=O)c1. The number of pyridine rings is 1. The van der Waals surface area contributed by atoms with Gasteiger partial charge >= 0.3 is 6.18 Å². The molecule has 1 aromatic carbocycles. The normalized spacial score (nSPS) is 15.7. The molecule has 3 aromatic heterocycles. The molecule has 190 valence electrons. The Morgan fingerprint density at radius 2 is 1.92 bits per heavy atom. The molecule has 1 fully saturated rings. The second-order valence-electron chi connectivity index (χ2n) is 9.39. The highest BCUT2D eigenvalue weighted by molar-refractivity contribution is 6.10. The lowest BCUT2D eigenvalue weighted by Gasteiger charge is -2.28. The van der Waals surface area contributed by atoms with Gasteiger partial charge in [0.05, 0.1) is 29.6 Å². The Morgan fingerprint density at radius 3 is 2.59 bits per heavy atom. The van der Waals surface area contributed by atoms with Crippen LogP contribution in [-0.4, -0.2) is 41.5 Å². The number of halogens is 3. The van der Waals surface area contributed by atoms with Gasteiger partial charge in [0.15, 0.2) is 5.82 Å². The average molecular weight is 509 g/mol. The Hall–Kier alpha value is -4.22. The minimum absolute atomic E-state index is 0.0378. The van der Waals surface area contributed by atoms with Crippen molar-refractivity contribution in [3.8, 4) is 22.6 Å². The lowest BCUT2D eigenvalue weighted by Crippen LogP contribution is -2.28. The number of aromatic nitrogens is 6. The number of carbonyl (C=O) groups is 1. The number of rotatable bonds is 5. The van der Waals surface area contributed by atoms with E-state index in [1.165, 1.54) is 17.0 Å². The number of amides is 1. The number of fused-ring (bicyclic) bond motifs is 1. The van der Waals surface area contributed by atoms with Gasteiger partial charge < -0.3 is 9.88 Å². The first kappa shape index (κ1) is 23.2. The van der Waals surface area contributed by atoms with Crippen LogP contribution in [0.15, 0.2) is 42.9 Å². The quantitative estimate of drug-likeness (QED) is 0.429. The highest BCUT2D eigenvalue weighted by Gasteiger charge is 2.40. The molecule has 4 aromatic rings. The van der Waals surface area contributed by atoms with Crippen LogP contribution in [-0.2, 0) is 26.8 Å². The van der Waals surface area contributed by atoms with Gasteiger partial charge in [-0.05, 0) is 49.1 Å². The molecule has 9 nitrogen and oxygen atoms in total.